The smallest absolute Gasteiger partial charge is 0.328 e. The molecule has 1 rings (SSSR count). The van der Waals surface area contributed by atoms with E-state index in [0.29, 0.717) is 0 Å². The minimum atomic E-state index is -0.862. The standard InChI is InChI=1S/C19H26N2O5/c1-5-13(2)20-18(23)12-26-19(24)14(3)21-17(22)11-8-15-6-9-16(25-4)10-7-15/h6-11,13-14H,5,12H2,1-4H3,(H,20,23)(H,21,22)/b11-8+/t13-,14+/m1/s1. The van der Waals surface area contributed by atoms with Crippen molar-refractivity contribution < 1.29 is 23.9 Å². The van der Waals surface area contributed by atoms with Gasteiger partial charge in [-0.2, -0.15) is 0 Å². The molecule has 0 aliphatic heterocycles. The first-order chi connectivity index (χ1) is 12.3. The van der Waals surface area contributed by atoms with Gasteiger partial charge in [0.15, 0.2) is 6.61 Å². The molecule has 0 heterocycles. The Morgan fingerprint density at radius 1 is 1.12 bits per heavy atom. The molecule has 2 amide bonds. The highest BCUT2D eigenvalue weighted by molar-refractivity contribution is 5.94. The average molecular weight is 362 g/mol. The van der Waals surface area contributed by atoms with Crippen LogP contribution in [0.2, 0.25) is 0 Å². The van der Waals surface area contributed by atoms with Crippen LogP contribution in [0.3, 0.4) is 0 Å². The predicted molar refractivity (Wildman–Crippen MR) is 98.5 cm³/mol. The molecule has 0 saturated carbocycles. The number of methoxy groups -OCH3 is 1. The fourth-order valence-electron chi connectivity index (χ4n) is 1.89. The van der Waals surface area contributed by atoms with Crippen molar-refractivity contribution in [3.05, 3.63) is 35.9 Å². The van der Waals surface area contributed by atoms with Gasteiger partial charge in [-0.15, -0.1) is 0 Å². The van der Waals surface area contributed by atoms with E-state index in [-0.39, 0.29) is 18.6 Å². The van der Waals surface area contributed by atoms with Crippen molar-refractivity contribution in [2.75, 3.05) is 13.7 Å². The average Bonchev–Trinajstić information content (AvgIpc) is 2.64. The van der Waals surface area contributed by atoms with Gasteiger partial charge in [0.1, 0.15) is 11.8 Å². The van der Waals surface area contributed by atoms with E-state index in [1.54, 1.807) is 37.5 Å². The van der Waals surface area contributed by atoms with Crippen LogP contribution in [0.4, 0.5) is 0 Å². The summed E-state index contributed by atoms with van der Waals surface area (Å²) in [7, 11) is 1.58. The predicted octanol–water partition coefficient (Wildman–Crippen LogP) is 1.67. The summed E-state index contributed by atoms with van der Waals surface area (Å²) >= 11 is 0. The molecule has 7 heteroatoms. The number of amides is 2. The lowest BCUT2D eigenvalue weighted by Crippen LogP contribution is -2.41. The Labute approximate surface area is 153 Å². The number of benzene rings is 1. The summed E-state index contributed by atoms with van der Waals surface area (Å²) in [6.07, 6.45) is 3.72. The van der Waals surface area contributed by atoms with Crippen LogP contribution in [0.25, 0.3) is 6.08 Å². The van der Waals surface area contributed by atoms with Crippen molar-refractivity contribution in [1.82, 2.24) is 10.6 Å². The zero-order chi connectivity index (χ0) is 19.5. The summed E-state index contributed by atoms with van der Waals surface area (Å²) in [5.41, 5.74) is 0.817. The van der Waals surface area contributed by atoms with Crippen LogP contribution in [0.5, 0.6) is 5.75 Å². The van der Waals surface area contributed by atoms with E-state index in [2.05, 4.69) is 10.6 Å². The summed E-state index contributed by atoms with van der Waals surface area (Å²) in [6, 6.07) is 6.32. The normalized spacial score (nSPS) is 12.9. The minimum absolute atomic E-state index is 0.0152. The lowest BCUT2D eigenvalue weighted by atomic mass is 10.2. The molecule has 0 fully saturated rings. The number of ether oxygens (including phenoxy) is 2. The molecule has 0 aromatic heterocycles. The number of esters is 1. The van der Waals surface area contributed by atoms with E-state index in [0.717, 1.165) is 17.7 Å². The molecule has 0 spiro atoms. The first-order valence-electron chi connectivity index (χ1n) is 8.44. The van der Waals surface area contributed by atoms with E-state index in [9.17, 15) is 14.4 Å². The molecular formula is C19H26N2O5. The molecule has 26 heavy (non-hydrogen) atoms. The Bertz CT molecular complexity index is 640. The molecule has 0 aliphatic rings. The zero-order valence-corrected chi connectivity index (χ0v) is 15.6. The maximum atomic E-state index is 11.9. The maximum absolute atomic E-state index is 11.9. The molecule has 2 N–H and O–H groups in total. The summed E-state index contributed by atoms with van der Waals surface area (Å²) in [5, 5.41) is 5.18. The second-order valence-electron chi connectivity index (χ2n) is 5.82. The monoisotopic (exact) mass is 362 g/mol. The van der Waals surface area contributed by atoms with Crippen LogP contribution in [0.1, 0.15) is 32.8 Å². The van der Waals surface area contributed by atoms with Crippen molar-refractivity contribution in [3.8, 4) is 5.75 Å². The number of carbonyl (C=O) groups excluding carboxylic acids is 3. The number of nitrogens with one attached hydrogen (secondary N) is 2. The summed E-state index contributed by atoms with van der Waals surface area (Å²) in [5.74, 6) is -0.754. The Hall–Kier alpha value is -2.83. The summed E-state index contributed by atoms with van der Waals surface area (Å²) in [4.78, 5) is 35.3. The second kappa shape index (κ2) is 10.9. The number of hydrogen-bond donors (Lipinski definition) is 2. The van der Waals surface area contributed by atoms with Gasteiger partial charge in [-0.25, -0.2) is 4.79 Å². The van der Waals surface area contributed by atoms with Crippen molar-refractivity contribution in [2.45, 2.75) is 39.3 Å². The zero-order valence-electron chi connectivity index (χ0n) is 15.6. The van der Waals surface area contributed by atoms with Gasteiger partial charge in [0.05, 0.1) is 7.11 Å². The molecule has 0 aliphatic carbocycles. The lowest BCUT2D eigenvalue weighted by molar-refractivity contribution is -0.151. The van der Waals surface area contributed by atoms with Crippen LogP contribution in [0.15, 0.2) is 30.3 Å². The first kappa shape index (κ1) is 21.2. The molecule has 1 aromatic carbocycles. The Balaban J connectivity index is 2.41. The first-order valence-corrected chi connectivity index (χ1v) is 8.44. The van der Waals surface area contributed by atoms with Crippen LogP contribution < -0.4 is 15.4 Å². The highest BCUT2D eigenvalue weighted by Crippen LogP contribution is 2.12. The van der Waals surface area contributed by atoms with E-state index in [4.69, 9.17) is 9.47 Å². The SMILES string of the molecule is CC[C@@H](C)NC(=O)COC(=O)[C@H](C)NC(=O)/C=C/c1ccc(OC)cc1. The highest BCUT2D eigenvalue weighted by atomic mass is 16.5. The molecule has 1 aromatic rings. The molecule has 7 nitrogen and oxygen atoms in total. The van der Waals surface area contributed by atoms with Crippen LogP contribution in [-0.2, 0) is 19.1 Å². The van der Waals surface area contributed by atoms with E-state index >= 15 is 0 Å². The van der Waals surface area contributed by atoms with Gasteiger partial charge in [0.2, 0.25) is 5.91 Å². The molecule has 0 bridgehead atoms. The fraction of sp³-hybridized carbons (Fsp3) is 0.421. The van der Waals surface area contributed by atoms with Gasteiger partial charge >= 0.3 is 5.97 Å². The number of rotatable bonds is 9. The van der Waals surface area contributed by atoms with Gasteiger partial charge in [0.25, 0.3) is 5.91 Å². The van der Waals surface area contributed by atoms with Gasteiger partial charge in [-0.05, 0) is 44.0 Å². The van der Waals surface area contributed by atoms with Crippen molar-refractivity contribution in [3.63, 3.8) is 0 Å². The number of carbonyl (C=O) groups is 3. The Kier molecular flexibility index (Phi) is 8.91. The van der Waals surface area contributed by atoms with Gasteiger partial charge in [-0.1, -0.05) is 19.1 Å². The number of hydrogen-bond acceptors (Lipinski definition) is 5. The van der Waals surface area contributed by atoms with Crippen LogP contribution in [0, 0.1) is 0 Å². The van der Waals surface area contributed by atoms with Gasteiger partial charge < -0.3 is 20.1 Å². The third-order valence-corrected chi connectivity index (χ3v) is 3.62. The molecule has 142 valence electrons. The van der Waals surface area contributed by atoms with Crippen LogP contribution >= 0.6 is 0 Å². The minimum Gasteiger partial charge on any atom is -0.497 e. The third-order valence-electron chi connectivity index (χ3n) is 3.62. The second-order valence-corrected chi connectivity index (χ2v) is 5.82. The quantitative estimate of drug-likeness (QED) is 0.515. The molecular weight excluding hydrogens is 336 g/mol. The Morgan fingerprint density at radius 3 is 2.35 bits per heavy atom. The summed E-state index contributed by atoms with van der Waals surface area (Å²) in [6.45, 7) is 4.92. The van der Waals surface area contributed by atoms with E-state index in [1.807, 2.05) is 13.8 Å². The van der Waals surface area contributed by atoms with Gasteiger partial charge in [0, 0.05) is 12.1 Å². The summed E-state index contributed by atoms with van der Waals surface area (Å²) < 4.78 is 9.95. The lowest BCUT2D eigenvalue weighted by Gasteiger charge is -2.14. The van der Waals surface area contributed by atoms with Crippen LogP contribution in [-0.4, -0.2) is 43.6 Å². The van der Waals surface area contributed by atoms with E-state index in [1.165, 1.54) is 13.0 Å². The topological polar surface area (TPSA) is 93.7 Å². The fourth-order valence-corrected chi connectivity index (χ4v) is 1.89. The third kappa shape index (κ3) is 7.83. The van der Waals surface area contributed by atoms with Crippen molar-refractivity contribution >= 4 is 23.9 Å². The van der Waals surface area contributed by atoms with Crippen molar-refractivity contribution in [2.24, 2.45) is 0 Å². The largest absolute Gasteiger partial charge is 0.497 e. The molecule has 0 radical (unpaired) electrons. The van der Waals surface area contributed by atoms with Gasteiger partial charge in [-0.3, -0.25) is 9.59 Å². The molecule has 0 unspecified atom stereocenters. The Morgan fingerprint density at radius 2 is 1.77 bits per heavy atom. The van der Waals surface area contributed by atoms with Crippen molar-refractivity contribution in [1.29, 1.82) is 0 Å². The molecule has 2 atom stereocenters. The van der Waals surface area contributed by atoms with E-state index < -0.39 is 17.9 Å². The molecule has 0 saturated heterocycles. The maximum Gasteiger partial charge on any atom is 0.328 e. The highest BCUT2D eigenvalue weighted by Gasteiger charge is 2.17.